The maximum atomic E-state index is 11.9. The second kappa shape index (κ2) is 8.27. The number of carboxylic acid groups (broad SMARTS) is 1. The largest absolute Gasteiger partial charge is 0.477 e. The third kappa shape index (κ3) is 4.97. The molecule has 1 heterocycles. The zero-order chi connectivity index (χ0) is 15.0. The van der Waals surface area contributed by atoms with Crippen LogP contribution in [0.25, 0.3) is 0 Å². The highest BCUT2D eigenvalue weighted by Gasteiger charge is 2.11. The van der Waals surface area contributed by atoms with Crippen molar-refractivity contribution < 1.29 is 14.7 Å². The number of carbonyl (C=O) groups is 2. The molecule has 0 bridgehead atoms. The van der Waals surface area contributed by atoms with Gasteiger partial charge in [0, 0.05) is 13.1 Å². The second-order valence-corrected chi connectivity index (χ2v) is 4.40. The minimum Gasteiger partial charge on any atom is -0.477 e. The lowest BCUT2D eigenvalue weighted by Crippen LogP contribution is -2.35. The second-order valence-electron chi connectivity index (χ2n) is 4.40. The number of likely N-dealkylation sites (N-methyl/N-ethyl adjacent to an activating group) is 1. The predicted octanol–water partition coefficient (Wildman–Crippen LogP) is 1.24. The van der Waals surface area contributed by atoms with E-state index in [1.807, 2.05) is 0 Å². The lowest BCUT2D eigenvalue weighted by atomic mass is 10.3. The molecule has 0 aliphatic rings. The van der Waals surface area contributed by atoms with Crippen molar-refractivity contribution in [2.45, 2.75) is 20.3 Å². The van der Waals surface area contributed by atoms with Gasteiger partial charge in [0.05, 0.1) is 0 Å². The van der Waals surface area contributed by atoms with E-state index in [0.717, 1.165) is 26.1 Å². The van der Waals surface area contributed by atoms with Crippen LogP contribution in [0.5, 0.6) is 0 Å². The average Bonchev–Trinajstić information content (AvgIpc) is 2.46. The van der Waals surface area contributed by atoms with Gasteiger partial charge >= 0.3 is 5.97 Å². The van der Waals surface area contributed by atoms with Gasteiger partial charge in [-0.25, -0.2) is 9.78 Å². The molecule has 0 unspecified atom stereocenters. The number of aromatic nitrogens is 1. The zero-order valence-corrected chi connectivity index (χ0v) is 11.9. The first-order chi connectivity index (χ1) is 9.58. The molecule has 0 aliphatic carbocycles. The van der Waals surface area contributed by atoms with E-state index in [0.29, 0.717) is 6.54 Å². The van der Waals surface area contributed by atoms with Gasteiger partial charge < -0.3 is 15.3 Å². The van der Waals surface area contributed by atoms with Crippen LogP contribution in [0.15, 0.2) is 18.2 Å². The summed E-state index contributed by atoms with van der Waals surface area (Å²) in [4.78, 5) is 28.7. The van der Waals surface area contributed by atoms with E-state index in [-0.39, 0.29) is 17.3 Å². The molecule has 0 atom stereocenters. The Labute approximate surface area is 118 Å². The van der Waals surface area contributed by atoms with Gasteiger partial charge in [0.2, 0.25) is 0 Å². The molecule has 0 fully saturated rings. The SMILES string of the molecule is CCCN(CC)CCNC(=O)c1cccc(C(=O)O)n1. The van der Waals surface area contributed by atoms with E-state index < -0.39 is 5.97 Å². The molecule has 2 N–H and O–H groups in total. The summed E-state index contributed by atoms with van der Waals surface area (Å²) in [6, 6.07) is 4.38. The lowest BCUT2D eigenvalue weighted by Gasteiger charge is -2.19. The standard InChI is InChI=1S/C14H21N3O3/c1-3-9-17(4-2)10-8-15-13(18)11-6-5-7-12(16-11)14(19)20/h5-7H,3-4,8-10H2,1-2H3,(H,15,18)(H,19,20). The van der Waals surface area contributed by atoms with Gasteiger partial charge in [-0.1, -0.05) is 19.9 Å². The normalized spacial score (nSPS) is 10.6. The summed E-state index contributed by atoms with van der Waals surface area (Å²) >= 11 is 0. The van der Waals surface area contributed by atoms with Crippen molar-refractivity contribution in [2.75, 3.05) is 26.2 Å². The Balaban J connectivity index is 2.50. The summed E-state index contributed by atoms with van der Waals surface area (Å²) in [7, 11) is 0. The number of amides is 1. The fraction of sp³-hybridized carbons (Fsp3) is 0.500. The van der Waals surface area contributed by atoms with Gasteiger partial charge in [-0.2, -0.15) is 0 Å². The molecule has 6 nitrogen and oxygen atoms in total. The van der Waals surface area contributed by atoms with Gasteiger partial charge in [0.1, 0.15) is 11.4 Å². The topological polar surface area (TPSA) is 82.5 Å². The number of carboxylic acids is 1. The van der Waals surface area contributed by atoms with E-state index in [1.54, 1.807) is 0 Å². The highest BCUT2D eigenvalue weighted by Crippen LogP contribution is 1.99. The summed E-state index contributed by atoms with van der Waals surface area (Å²) in [5.41, 5.74) is 0.00209. The summed E-state index contributed by atoms with van der Waals surface area (Å²) in [6.45, 7) is 7.42. The fourth-order valence-corrected chi connectivity index (χ4v) is 1.84. The molecule has 0 aromatic carbocycles. The number of hydrogen-bond donors (Lipinski definition) is 2. The molecule has 0 radical (unpaired) electrons. The van der Waals surface area contributed by atoms with Crippen LogP contribution in [-0.2, 0) is 0 Å². The Morgan fingerprint density at radius 3 is 2.55 bits per heavy atom. The highest BCUT2D eigenvalue weighted by atomic mass is 16.4. The number of nitrogens with zero attached hydrogens (tertiary/aromatic N) is 2. The molecule has 0 spiro atoms. The van der Waals surface area contributed by atoms with E-state index in [1.165, 1.54) is 18.2 Å². The van der Waals surface area contributed by atoms with Crippen molar-refractivity contribution in [3.8, 4) is 0 Å². The van der Waals surface area contributed by atoms with Crippen LogP contribution in [0.1, 0.15) is 41.2 Å². The lowest BCUT2D eigenvalue weighted by molar-refractivity contribution is 0.0690. The van der Waals surface area contributed by atoms with Crippen LogP contribution in [-0.4, -0.2) is 53.0 Å². The first kappa shape index (κ1) is 16.1. The molecular formula is C14H21N3O3. The van der Waals surface area contributed by atoms with Crippen LogP contribution in [0, 0.1) is 0 Å². The maximum Gasteiger partial charge on any atom is 0.354 e. The van der Waals surface area contributed by atoms with Crippen LogP contribution in [0.2, 0.25) is 0 Å². The minimum absolute atomic E-state index is 0.126. The Morgan fingerprint density at radius 1 is 1.25 bits per heavy atom. The summed E-state index contributed by atoms with van der Waals surface area (Å²) < 4.78 is 0. The third-order valence-corrected chi connectivity index (χ3v) is 2.90. The van der Waals surface area contributed by atoms with Crippen molar-refractivity contribution in [1.82, 2.24) is 15.2 Å². The molecule has 110 valence electrons. The van der Waals surface area contributed by atoms with Crippen molar-refractivity contribution in [3.05, 3.63) is 29.6 Å². The minimum atomic E-state index is -1.14. The molecule has 1 rings (SSSR count). The van der Waals surface area contributed by atoms with E-state index in [9.17, 15) is 9.59 Å². The van der Waals surface area contributed by atoms with Gasteiger partial charge in [0.15, 0.2) is 0 Å². The molecule has 1 aromatic heterocycles. The maximum absolute atomic E-state index is 11.9. The summed E-state index contributed by atoms with van der Waals surface area (Å²) in [6.07, 6.45) is 1.07. The van der Waals surface area contributed by atoms with E-state index in [2.05, 4.69) is 29.0 Å². The molecule has 1 aromatic rings. The molecule has 6 heteroatoms. The molecule has 0 saturated carbocycles. The Hall–Kier alpha value is -1.95. The van der Waals surface area contributed by atoms with Gasteiger partial charge in [-0.3, -0.25) is 4.79 Å². The summed E-state index contributed by atoms with van der Waals surface area (Å²) in [5.74, 6) is -1.49. The quantitative estimate of drug-likeness (QED) is 0.748. The number of aromatic carboxylic acids is 1. The van der Waals surface area contributed by atoms with Gasteiger partial charge in [-0.05, 0) is 31.6 Å². The number of rotatable bonds is 8. The van der Waals surface area contributed by atoms with Gasteiger partial charge in [-0.15, -0.1) is 0 Å². The highest BCUT2D eigenvalue weighted by molar-refractivity contribution is 5.94. The zero-order valence-electron chi connectivity index (χ0n) is 11.9. The fourth-order valence-electron chi connectivity index (χ4n) is 1.84. The van der Waals surface area contributed by atoms with Crippen molar-refractivity contribution in [2.24, 2.45) is 0 Å². The van der Waals surface area contributed by atoms with Crippen LogP contribution >= 0.6 is 0 Å². The van der Waals surface area contributed by atoms with Crippen molar-refractivity contribution in [1.29, 1.82) is 0 Å². The van der Waals surface area contributed by atoms with Gasteiger partial charge in [0.25, 0.3) is 5.91 Å². The van der Waals surface area contributed by atoms with E-state index in [4.69, 9.17) is 5.11 Å². The third-order valence-electron chi connectivity index (χ3n) is 2.90. The monoisotopic (exact) mass is 279 g/mol. The number of hydrogen-bond acceptors (Lipinski definition) is 4. The number of nitrogens with one attached hydrogen (secondary N) is 1. The molecular weight excluding hydrogens is 258 g/mol. The molecule has 0 saturated heterocycles. The van der Waals surface area contributed by atoms with Crippen molar-refractivity contribution >= 4 is 11.9 Å². The molecule has 1 amide bonds. The smallest absolute Gasteiger partial charge is 0.354 e. The number of pyridine rings is 1. The van der Waals surface area contributed by atoms with Crippen LogP contribution in [0.3, 0.4) is 0 Å². The van der Waals surface area contributed by atoms with Crippen molar-refractivity contribution in [3.63, 3.8) is 0 Å². The summed E-state index contributed by atoms with van der Waals surface area (Å²) in [5, 5.41) is 11.6. The Kier molecular flexibility index (Phi) is 6.66. The first-order valence-corrected chi connectivity index (χ1v) is 6.79. The van der Waals surface area contributed by atoms with Crippen LogP contribution < -0.4 is 5.32 Å². The molecule has 0 aliphatic heterocycles. The Morgan fingerprint density at radius 2 is 1.95 bits per heavy atom. The molecule has 20 heavy (non-hydrogen) atoms. The Bertz CT molecular complexity index is 463. The van der Waals surface area contributed by atoms with Crippen LogP contribution in [0.4, 0.5) is 0 Å². The predicted molar refractivity (Wildman–Crippen MR) is 75.9 cm³/mol. The van der Waals surface area contributed by atoms with E-state index >= 15 is 0 Å². The first-order valence-electron chi connectivity index (χ1n) is 6.79. The number of carbonyl (C=O) groups excluding carboxylic acids is 1. The average molecular weight is 279 g/mol.